The van der Waals surface area contributed by atoms with Crippen molar-refractivity contribution in [2.45, 2.75) is 39.8 Å². The molecule has 0 atom stereocenters. The number of pyridine rings is 1. The third kappa shape index (κ3) is 4.57. The van der Waals surface area contributed by atoms with E-state index in [4.69, 9.17) is 4.74 Å². The fraction of sp³-hybridized carbons (Fsp3) is 0.389. The quantitative estimate of drug-likeness (QED) is 0.778. The number of hydrogen-bond donors (Lipinski definition) is 1. The predicted octanol–water partition coefficient (Wildman–Crippen LogP) is 4.08. The Bertz CT molecular complexity index is 620. The highest BCUT2D eigenvalue weighted by atomic mass is 16.5. The topological polar surface area (TPSA) is 34.1 Å². The largest absolute Gasteiger partial charge is 0.477 e. The van der Waals surface area contributed by atoms with Crippen molar-refractivity contribution < 1.29 is 4.74 Å². The summed E-state index contributed by atoms with van der Waals surface area (Å²) < 4.78 is 5.88. The zero-order valence-corrected chi connectivity index (χ0v) is 13.1. The van der Waals surface area contributed by atoms with Crippen molar-refractivity contribution in [3.8, 4) is 5.88 Å². The van der Waals surface area contributed by atoms with Crippen molar-refractivity contribution in [2.75, 3.05) is 6.61 Å². The molecule has 1 aromatic heterocycles. The van der Waals surface area contributed by atoms with Gasteiger partial charge in [-0.3, -0.25) is 0 Å². The highest BCUT2D eigenvalue weighted by Gasteiger charge is 2.07. The molecule has 0 aliphatic heterocycles. The van der Waals surface area contributed by atoms with Crippen LogP contribution in [0, 0.1) is 0 Å². The summed E-state index contributed by atoms with van der Waals surface area (Å²) in [5.74, 6) is 0.718. The molecular formula is C18H24N2O. The van der Waals surface area contributed by atoms with Crippen LogP contribution in [-0.2, 0) is 6.54 Å². The van der Waals surface area contributed by atoms with Gasteiger partial charge in [0, 0.05) is 24.4 Å². The maximum atomic E-state index is 5.88. The molecule has 0 radical (unpaired) electrons. The van der Waals surface area contributed by atoms with E-state index in [-0.39, 0.29) is 0 Å². The van der Waals surface area contributed by atoms with Gasteiger partial charge in [-0.05, 0) is 24.4 Å². The first-order valence-electron chi connectivity index (χ1n) is 7.45. The van der Waals surface area contributed by atoms with Gasteiger partial charge in [0.05, 0.1) is 12.3 Å². The van der Waals surface area contributed by atoms with E-state index in [0.717, 1.165) is 35.5 Å². The van der Waals surface area contributed by atoms with Crippen LogP contribution in [-0.4, -0.2) is 17.6 Å². The maximum absolute atomic E-state index is 5.88. The second-order valence-electron chi connectivity index (χ2n) is 5.73. The molecule has 0 fully saturated rings. The average Bonchev–Trinajstić information content (AvgIpc) is 2.44. The lowest BCUT2D eigenvalue weighted by Gasteiger charge is -2.12. The summed E-state index contributed by atoms with van der Waals surface area (Å²) in [4.78, 5) is 4.66. The van der Waals surface area contributed by atoms with E-state index < -0.39 is 0 Å². The van der Waals surface area contributed by atoms with Crippen molar-refractivity contribution in [1.82, 2.24) is 10.3 Å². The van der Waals surface area contributed by atoms with Gasteiger partial charge >= 0.3 is 0 Å². The van der Waals surface area contributed by atoms with Crippen LogP contribution in [0.2, 0.25) is 0 Å². The van der Waals surface area contributed by atoms with Gasteiger partial charge in [0.1, 0.15) is 0 Å². The average molecular weight is 284 g/mol. The summed E-state index contributed by atoms with van der Waals surface area (Å²) in [5, 5.41) is 5.62. The van der Waals surface area contributed by atoms with E-state index in [9.17, 15) is 0 Å². The summed E-state index contributed by atoms with van der Waals surface area (Å²) in [6.45, 7) is 11.5. The molecule has 1 N–H and O–H groups in total. The van der Waals surface area contributed by atoms with Crippen LogP contribution in [0.15, 0.2) is 42.5 Å². The zero-order chi connectivity index (χ0) is 15.2. The minimum absolute atomic E-state index is 0.436. The highest BCUT2D eigenvalue weighted by Crippen LogP contribution is 2.24. The van der Waals surface area contributed by atoms with Crippen LogP contribution in [0.3, 0.4) is 0 Å². The molecule has 0 bridgehead atoms. The SMILES string of the molecule is C=C(C)CCOc1nc(CNC(C)C)cc2ccccc12. The monoisotopic (exact) mass is 284 g/mol. The molecule has 0 amide bonds. The van der Waals surface area contributed by atoms with Crippen molar-refractivity contribution in [3.63, 3.8) is 0 Å². The third-order valence-electron chi connectivity index (χ3n) is 3.22. The van der Waals surface area contributed by atoms with Gasteiger partial charge in [-0.2, -0.15) is 0 Å². The molecular weight excluding hydrogens is 260 g/mol. The molecule has 3 heteroatoms. The first kappa shape index (κ1) is 15.5. The van der Waals surface area contributed by atoms with Crippen LogP contribution in [0.5, 0.6) is 5.88 Å². The van der Waals surface area contributed by atoms with Crippen LogP contribution in [0.25, 0.3) is 10.8 Å². The second-order valence-corrected chi connectivity index (χ2v) is 5.73. The molecule has 0 saturated heterocycles. The Morgan fingerprint density at radius 2 is 2.10 bits per heavy atom. The van der Waals surface area contributed by atoms with Crippen molar-refractivity contribution in [1.29, 1.82) is 0 Å². The van der Waals surface area contributed by atoms with Gasteiger partial charge in [0.2, 0.25) is 5.88 Å². The van der Waals surface area contributed by atoms with Gasteiger partial charge in [-0.25, -0.2) is 4.98 Å². The van der Waals surface area contributed by atoms with Crippen LogP contribution < -0.4 is 10.1 Å². The molecule has 0 spiro atoms. The molecule has 112 valence electrons. The number of hydrogen-bond acceptors (Lipinski definition) is 3. The number of benzene rings is 1. The lowest BCUT2D eigenvalue weighted by atomic mass is 10.1. The van der Waals surface area contributed by atoms with E-state index in [0.29, 0.717) is 12.6 Å². The first-order valence-corrected chi connectivity index (χ1v) is 7.45. The van der Waals surface area contributed by atoms with Gasteiger partial charge < -0.3 is 10.1 Å². The molecule has 0 aliphatic carbocycles. The summed E-state index contributed by atoms with van der Waals surface area (Å²) in [7, 11) is 0. The minimum Gasteiger partial charge on any atom is -0.477 e. The fourth-order valence-corrected chi connectivity index (χ4v) is 2.05. The molecule has 0 unspecified atom stereocenters. The number of nitrogens with one attached hydrogen (secondary N) is 1. The molecule has 2 rings (SSSR count). The fourth-order valence-electron chi connectivity index (χ4n) is 2.05. The number of aromatic nitrogens is 1. The van der Waals surface area contributed by atoms with Crippen molar-refractivity contribution in [2.24, 2.45) is 0 Å². The first-order chi connectivity index (χ1) is 10.1. The molecule has 21 heavy (non-hydrogen) atoms. The van der Waals surface area contributed by atoms with Crippen molar-refractivity contribution in [3.05, 3.63) is 48.2 Å². The van der Waals surface area contributed by atoms with Crippen LogP contribution in [0.4, 0.5) is 0 Å². The lowest BCUT2D eigenvalue weighted by Crippen LogP contribution is -2.22. The minimum atomic E-state index is 0.436. The maximum Gasteiger partial charge on any atom is 0.221 e. The molecule has 2 aromatic rings. The number of fused-ring (bicyclic) bond motifs is 1. The Hall–Kier alpha value is -1.87. The Kier molecular flexibility index (Phi) is 5.34. The van der Waals surface area contributed by atoms with Gasteiger partial charge in [0.25, 0.3) is 0 Å². The molecule has 0 aliphatic rings. The normalized spacial score (nSPS) is 11.0. The summed E-state index contributed by atoms with van der Waals surface area (Å²) in [5.41, 5.74) is 2.13. The summed E-state index contributed by atoms with van der Waals surface area (Å²) >= 11 is 0. The Morgan fingerprint density at radius 1 is 1.33 bits per heavy atom. The van der Waals surface area contributed by atoms with E-state index in [1.54, 1.807) is 0 Å². The van der Waals surface area contributed by atoms with Gasteiger partial charge in [-0.15, -0.1) is 6.58 Å². The van der Waals surface area contributed by atoms with Crippen LogP contribution >= 0.6 is 0 Å². The zero-order valence-electron chi connectivity index (χ0n) is 13.1. The lowest BCUT2D eigenvalue weighted by molar-refractivity contribution is 0.312. The number of nitrogens with zero attached hydrogens (tertiary/aromatic N) is 1. The Balaban J connectivity index is 2.24. The predicted molar refractivity (Wildman–Crippen MR) is 88.6 cm³/mol. The van der Waals surface area contributed by atoms with Gasteiger partial charge in [-0.1, -0.05) is 37.6 Å². The molecule has 1 aromatic carbocycles. The second kappa shape index (κ2) is 7.23. The Morgan fingerprint density at radius 3 is 2.81 bits per heavy atom. The van der Waals surface area contributed by atoms with Crippen molar-refractivity contribution >= 4 is 10.8 Å². The van der Waals surface area contributed by atoms with Crippen LogP contribution in [0.1, 0.15) is 32.9 Å². The van der Waals surface area contributed by atoms with E-state index in [2.05, 4.69) is 48.9 Å². The third-order valence-corrected chi connectivity index (χ3v) is 3.22. The Labute approximate surface area is 127 Å². The molecule has 0 saturated carbocycles. The number of rotatable bonds is 7. The highest BCUT2D eigenvalue weighted by molar-refractivity contribution is 5.87. The number of ether oxygens (including phenoxy) is 1. The standard InChI is InChI=1S/C18H24N2O/c1-13(2)9-10-21-18-17-8-6-5-7-15(17)11-16(20-18)12-19-14(3)4/h5-8,11,14,19H,1,9-10,12H2,2-4H3. The molecule has 3 nitrogen and oxygen atoms in total. The summed E-state index contributed by atoms with van der Waals surface area (Å²) in [6.07, 6.45) is 0.852. The van der Waals surface area contributed by atoms with Gasteiger partial charge in [0.15, 0.2) is 0 Å². The van der Waals surface area contributed by atoms with E-state index in [1.165, 1.54) is 5.39 Å². The van der Waals surface area contributed by atoms with E-state index in [1.807, 2.05) is 19.1 Å². The smallest absolute Gasteiger partial charge is 0.221 e. The molecule has 1 heterocycles. The van der Waals surface area contributed by atoms with E-state index >= 15 is 0 Å². The summed E-state index contributed by atoms with van der Waals surface area (Å²) in [6, 6.07) is 10.8.